The van der Waals surface area contributed by atoms with Crippen LogP contribution in [0.25, 0.3) is 0 Å². The van der Waals surface area contributed by atoms with E-state index in [4.69, 9.17) is 5.11 Å². The summed E-state index contributed by atoms with van der Waals surface area (Å²) in [5, 5.41) is 19.2. The molecule has 6 nitrogen and oxygen atoms in total. The van der Waals surface area contributed by atoms with Crippen LogP contribution in [0.4, 0.5) is 0 Å². The summed E-state index contributed by atoms with van der Waals surface area (Å²) in [5.41, 5.74) is 0. The van der Waals surface area contributed by atoms with E-state index in [0.29, 0.717) is 25.9 Å². The fourth-order valence-corrected chi connectivity index (χ4v) is 1.26. The molecule has 1 atom stereocenters. The van der Waals surface area contributed by atoms with E-state index in [1.807, 2.05) is 0 Å². The average Bonchev–Trinajstić information content (AvgIpc) is 2.70. The minimum Gasteiger partial charge on any atom is -0.393 e. The Kier molecular flexibility index (Phi) is 5.49. The summed E-state index contributed by atoms with van der Waals surface area (Å²) in [5.74, 6) is 0.0146. The molecular weight excluding hydrogens is 208 g/mol. The molecule has 1 rings (SSSR count). The molecule has 0 aromatic carbocycles. The van der Waals surface area contributed by atoms with Crippen molar-refractivity contribution in [2.75, 3.05) is 6.54 Å². The molecule has 1 amide bonds. The molecule has 0 radical (unpaired) electrons. The van der Waals surface area contributed by atoms with E-state index in [2.05, 4.69) is 15.6 Å². The van der Waals surface area contributed by atoms with Gasteiger partial charge in [-0.05, 0) is 19.8 Å². The van der Waals surface area contributed by atoms with Crippen molar-refractivity contribution in [3.8, 4) is 0 Å². The number of carbonyl (C=O) groups excluding carboxylic acids is 1. The number of hydrogen-bond acceptors (Lipinski definition) is 4. The maximum Gasteiger partial charge on any atom is 0.220 e. The van der Waals surface area contributed by atoms with Gasteiger partial charge in [-0.2, -0.15) is 0 Å². The molecule has 6 heteroatoms. The van der Waals surface area contributed by atoms with Gasteiger partial charge >= 0.3 is 0 Å². The number of aryl methyl sites for hydroxylation is 1. The normalized spacial score (nSPS) is 12.4. The number of amides is 1. The van der Waals surface area contributed by atoms with Crippen LogP contribution in [0.1, 0.15) is 26.2 Å². The maximum absolute atomic E-state index is 11.3. The number of aliphatic hydroxyl groups is 1. The van der Waals surface area contributed by atoms with Crippen molar-refractivity contribution in [2.45, 2.75) is 38.8 Å². The molecule has 0 fully saturated rings. The van der Waals surface area contributed by atoms with Crippen LogP contribution in [0.5, 0.6) is 0 Å². The zero-order chi connectivity index (χ0) is 11.8. The molecule has 0 aliphatic carbocycles. The number of aliphatic hydroxyl groups excluding tert-OH is 1. The minimum atomic E-state index is -0.365. The molecule has 1 aromatic heterocycles. The number of nitrogens with zero attached hydrogens (tertiary/aromatic N) is 3. The summed E-state index contributed by atoms with van der Waals surface area (Å²) < 4.78 is 1.70. The summed E-state index contributed by atoms with van der Waals surface area (Å²) in [6.07, 6.45) is 4.82. The van der Waals surface area contributed by atoms with Crippen LogP contribution in [0.3, 0.4) is 0 Å². The van der Waals surface area contributed by atoms with Gasteiger partial charge < -0.3 is 10.4 Å². The number of aromatic nitrogens is 3. The van der Waals surface area contributed by atoms with E-state index in [-0.39, 0.29) is 12.0 Å². The highest BCUT2D eigenvalue weighted by Crippen LogP contribution is 1.94. The Balaban J connectivity index is 2.02. The summed E-state index contributed by atoms with van der Waals surface area (Å²) in [7, 11) is 0. The predicted molar refractivity (Wildman–Crippen MR) is 58.6 cm³/mol. The highest BCUT2D eigenvalue weighted by Gasteiger charge is 2.02. The number of rotatable bonds is 7. The molecule has 0 saturated heterocycles. The second kappa shape index (κ2) is 6.95. The predicted octanol–water partition coefficient (Wildman–Crippen LogP) is -0.0546. The van der Waals surface area contributed by atoms with Gasteiger partial charge in [0.05, 0.1) is 12.3 Å². The van der Waals surface area contributed by atoms with E-state index < -0.39 is 0 Å². The van der Waals surface area contributed by atoms with Gasteiger partial charge in [0.2, 0.25) is 5.91 Å². The standard InChI is InChI=1S/C10H18N4O2/c1-9(15)4-5-11-10(16)3-2-7-14-8-6-12-13-14/h6,8-9,15H,2-5,7H2,1H3,(H,11,16). The molecule has 0 spiro atoms. The van der Waals surface area contributed by atoms with Crippen molar-refractivity contribution < 1.29 is 9.90 Å². The lowest BCUT2D eigenvalue weighted by Crippen LogP contribution is -2.26. The molecular formula is C10H18N4O2. The zero-order valence-electron chi connectivity index (χ0n) is 9.46. The Morgan fingerprint density at radius 2 is 2.44 bits per heavy atom. The van der Waals surface area contributed by atoms with Crippen molar-refractivity contribution in [1.29, 1.82) is 0 Å². The summed E-state index contributed by atoms with van der Waals surface area (Å²) >= 11 is 0. The number of hydrogen-bond donors (Lipinski definition) is 2. The van der Waals surface area contributed by atoms with Gasteiger partial charge in [-0.25, -0.2) is 0 Å². The van der Waals surface area contributed by atoms with Crippen molar-refractivity contribution >= 4 is 5.91 Å². The largest absolute Gasteiger partial charge is 0.393 e. The highest BCUT2D eigenvalue weighted by molar-refractivity contribution is 5.75. The van der Waals surface area contributed by atoms with Gasteiger partial charge in [0.15, 0.2) is 0 Å². The Bertz CT molecular complexity index is 298. The SMILES string of the molecule is CC(O)CCNC(=O)CCCn1ccnn1. The topological polar surface area (TPSA) is 80.0 Å². The molecule has 0 aliphatic rings. The summed E-state index contributed by atoms with van der Waals surface area (Å²) in [4.78, 5) is 11.3. The van der Waals surface area contributed by atoms with E-state index in [1.165, 1.54) is 0 Å². The average molecular weight is 226 g/mol. The van der Waals surface area contributed by atoms with E-state index in [0.717, 1.165) is 6.42 Å². The number of nitrogens with one attached hydrogen (secondary N) is 1. The van der Waals surface area contributed by atoms with Crippen LogP contribution in [-0.4, -0.2) is 38.7 Å². The van der Waals surface area contributed by atoms with E-state index >= 15 is 0 Å². The van der Waals surface area contributed by atoms with Crippen molar-refractivity contribution in [1.82, 2.24) is 20.3 Å². The monoisotopic (exact) mass is 226 g/mol. The lowest BCUT2D eigenvalue weighted by atomic mass is 10.2. The quantitative estimate of drug-likeness (QED) is 0.683. The lowest BCUT2D eigenvalue weighted by molar-refractivity contribution is -0.121. The summed E-state index contributed by atoms with van der Waals surface area (Å²) in [6, 6.07) is 0. The first-order valence-electron chi connectivity index (χ1n) is 5.47. The van der Waals surface area contributed by atoms with Crippen LogP contribution in [-0.2, 0) is 11.3 Å². The third-order valence-corrected chi connectivity index (χ3v) is 2.15. The third-order valence-electron chi connectivity index (χ3n) is 2.15. The van der Waals surface area contributed by atoms with Gasteiger partial charge in [0, 0.05) is 25.7 Å². The fraction of sp³-hybridized carbons (Fsp3) is 0.700. The van der Waals surface area contributed by atoms with Gasteiger partial charge in [-0.1, -0.05) is 5.21 Å². The molecule has 0 bridgehead atoms. The molecule has 0 saturated carbocycles. The second-order valence-corrected chi connectivity index (χ2v) is 3.76. The smallest absolute Gasteiger partial charge is 0.220 e. The fourth-order valence-electron chi connectivity index (χ4n) is 1.26. The molecule has 0 aliphatic heterocycles. The van der Waals surface area contributed by atoms with Gasteiger partial charge in [-0.15, -0.1) is 5.10 Å². The van der Waals surface area contributed by atoms with Crippen LogP contribution in [0.15, 0.2) is 12.4 Å². The lowest BCUT2D eigenvalue weighted by Gasteiger charge is -2.06. The third kappa shape index (κ3) is 5.45. The van der Waals surface area contributed by atoms with Crippen LogP contribution < -0.4 is 5.32 Å². The van der Waals surface area contributed by atoms with Gasteiger partial charge in [-0.3, -0.25) is 9.48 Å². The minimum absolute atomic E-state index is 0.0146. The van der Waals surface area contributed by atoms with Gasteiger partial charge in [0.1, 0.15) is 0 Å². The van der Waals surface area contributed by atoms with Gasteiger partial charge in [0.25, 0.3) is 0 Å². The van der Waals surface area contributed by atoms with Crippen molar-refractivity contribution in [3.05, 3.63) is 12.4 Å². The Hall–Kier alpha value is -1.43. The molecule has 1 unspecified atom stereocenters. The Morgan fingerprint density at radius 3 is 3.06 bits per heavy atom. The Labute approximate surface area is 94.7 Å². The maximum atomic E-state index is 11.3. The van der Waals surface area contributed by atoms with E-state index in [1.54, 1.807) is 24.0 Å². The van der Waals surface area contributed by atoms with E-state index in [9.17, 15) is 4.79 Å². The molecule has 2 N–H and O–H groups in total. The zero-order valence-corrected chi connectivity index (χ0v) is 9.46. The van der Waals surface area contributed by atoms with Crippen LogP contribution in [0.2, 0.25) is 0 Å². The number of carbonyl (C=O) groups is 1. The van der Waals surface area contributed by atoms with Crippen LogP contribution in [0, 0.1) is 0 Å². The highest BCUT2D eigenvalue weighted by atomic mass is 16.3. The summed E-state index contributed by atoms with van der Waals surface area (Å²) in [6.45, 7) is 2.93. The Morgan fingerprint density at radius 1 is 1.62 bits per heavy atom. The first-order valence-corrected chi connectivity index (χ1v) is 5.47. The first kappa shape index (κ1) is 12.6. The van der Waals surface area contributed by atoms with Crippen molar-refractivity contribution in [3.63, 3.8) is 0 Å². The van der Waals surface area contributed by atoms with Crippen molar-refractivity contribution in [2.24, 2.45) is 0 Å². The van der Waals surface area contributed by atoms with Crippen LogP contribution >= 0.6 is 0 Å². The molecule has 1 heterocycles. The molecule has 1 aromatic rings. The second-order valence-electron chi connectivity index (χ2n) is 3.76. The first-order chi connectivity index (χ1) is 7.68. The molecule has 16 heavy (non-hydrogen) atoms. The molecule has 90 valence electrons.